The van der Waals surface area contributed by atoms with Gasteiger partial charge in [-0.3, -0.25) is 0 Å². The Labute approximate surface area is 124 Å². The van der Waals surface area contributed by atoms with Crippen LogP contribution in [0.4, 0.5) is 0 Å². The summed E-state index contributed by atoms with van der Waals surface area (Å²) in [5.74, 6) is 7.61. The van der Waals surface area contributed by atoms with Crippen LogP contribution < -0.4 is 15.2 Å². The van der Waals surface area contributed by atoms with E-state index in [0.717, 1.165) is 23.5 Å². The predicted octanol–water partition coefficient (Wildman–Crippen LogP) is 2.38. The topological polar surface area (TPSA) is 44.5 Å². The van der Waals surface area contributed by atoms with Gasteiger partial charge < -0.3 is 15.2 Å². The minimum atomic E-state index is 0.0825. The van der Waals surface area contributed by atoms with Gasteiger partial charge in [0.2, 0.25) is 0 Å². The van der Waals surface area contributed by atoms with E-state index in [1.54, 1.807) is 0 Å². The van der Waals surface area contributed by atoms with Crippen molar-refractivity contribution in [1.82, 2.24) is 0 Å². The number of fused-ring (bicyclic) bond motifs is 1. The highest BCUT2D eigenvalue weighted by molar-refractivity contribution is 5.39. The van der Waals surface area contributed by atoms with Crippen molar-refractivity contribution in [2.24, 2.45) is 5.73 Å². The van der Waals surface area contributed by atoms with E-state index in [4.69, 9.17) is 15.2 Å². The lowest BCUT2D eigenvalue weighted by Crippen LogP contribution is -2.22. The Hall–Kier alpha value is -2.44. The zero-order chi connectivity index (χ0) is 14.5. The molecular formula is C18H17NO2. The van der Waals surface area contributed by atoms with E-state index < -0.39 is 0 Å². The Morgan fingerprint density at radius 3 is 2.71 bits per heavy atom. The molecular weight excluding hydrogens is 262 g/mol. The Bertz CT molecular complexity index is 643. The summed E-state index contributed by atoms with van der Waals surface area (Å²) in [5, 5.41) is 0. The van der Waals surface area contributed by atoms with Gasteiger partial charge in [0, 0.05) is 12.0 Å². The van der Waals surface area contributed by atoms with Crippen LogP contribution in [-0.4, -0.2) is 19.3 Å². The van der Waals surface area contributed by atoms with Gasteiger partial charge in [-0.05, 0) is 35.9 Å². The van der Waals surface area contributed by atoms with E-state index in [9.17, 15) is 0 Å². The lowest BCUT2D eigenvalue weighted by molar-refractivity contribution is 0.148. The van der Waals surface area contributed by atoms with Crippen LogP contribution in [0.1, 0.15) is 11.1 Å². The number of benzene rings is 2. The van der Waals surface area contributed by atoms with Gasteiger partial charge in [-0.15, -0.1) is 0 Å². The highest BCUT2D eigenvalue weighted by Crippen LogP contribution is 2.28. The molecule has 2 aromatic rings. The molecule has 0 fully saturated rings. The molecule has 1 unspecified atom stereocenters. The maximum Gasteiger partial charge on any atom is 0.137 e. The summed E-state index contributed by atoms with van der Waals surface area (Å²) in [6.45, 7) is 0.917. The molecule has 1 aliphatic rings. The fourth-order valence-electron chi connectivity index (χ4n) is 2.32. The molecule has 1 heterocycles. The van der Waals surface area contributed by atoms with Crippen molar-refractivity contribution in [2.45, 2.75) is 12.5 Å². The highest BCUT2D eigenvalue weighted by Gasteiger charge is 2.22. The summed E-state index contributed by atoms with van der Waals surface area (Å²) in [6.07, 6.45) is 0.982. The van der Waals surface area contributed by atoms with Crippen LogP contribution in [0.15, 0.2) is 48.5 Å². The fraction of sp³-hybridized carbons (Fsp3) is 0.222. The van der Waals surface area contributed by atoms with Crippen molar-refractivity contribution in [2.75, 3.05) is 13.2 Å². The lowest BCUT2D eigenvalue weighted by Gasteiger charge is -2.12. The first-order valence-corrected chi connectivity index (χ1v) is 7.01. The van der Waals surface area contributed by atoms with E-state index in [-0.39, 0.29) is 6.10 Å². The average Bonchev–Trinajstić information content (AvgIpc) is 2.95. The first-order valence-electron chi connectivity index (χ1n) is 7.01. The molecule has 2 aromatic carbocycles. The molecule has 0 spiro atoms. The first-order chi connectivity index (χ1) is 10.3. The molecule has 2 N–H and O–H groups in total. The normalized spacial score (nSPS) is 15.6. The second kappa shape index (κ2) is 6.34. The Balaban J connectivity index is 1.54. The molecule has 3 heteroatoms. The van der Waals surface area contributed by atoms with Crippen LogP contribution in [0.25, 0.3) is 0 Å². The van der Waals surface area contributed by atoms with Gasteiger partial charge in [0.05, 0.1) is 6.54 Å². The first kappa shape index (κ1) is 13.5. The summed E-state index contributed by atoms with van der Waals surface area (Å²) in [6, 6.07) is 15.8. The Morgan fingerprint density at radius 2 is 1.95 bits per heavy atom. The van der Waals surface area contributed by atoms with E-state index in [1.807, 2.05) is 42.5 Å². The quantitative estimate of drug-likeness (QED) is 0.877. The third-order valence-electron chi connectivity index (χ3n) is 3.34. The van der Waals surface area contributed by atoms with Crippen LogP contribution >= 0.6 is 0 Å². The van der Waals surface area contributed by atoms with Crippen LogP contribution in [0.5, 0.6) is 11.5 Å². The Morgan fingerprint density at radius 1 is 1.14 bits per heavy atom. The van der Waals surface area contributed by atoms with Gasteiger partial charge in [-0.25, -0.2) is 0 Å². The van der Waals surface area contributed by atoms with Gasteiger partial charge >= 0.3 is 0 Å². The number of hydrogen-bond acceptors (Lipinski definition) is 3. The van der Waals surface area contributed by atoms with Gasteiger partial charge in [0.15, 0.2) is 0 Å². The predicted molar refractivity (Wildman–Crippen MR) is 82.4 cm³/mol. The van der Waals surface area contributed by atoms with Gasteiger partial charge in [-0.2, -0.15) is 0 Å². The van der Waals surface area contributed by atoms with Crippen LogP contribution in [0.2, 0.25) is 0 Å². The fourth-order valence-corrected chi connectivity index (χ4v) is 2.32. The molecule has 1 aliphatic heterocycles. The van der Waals surface area contributed by atoms with Gasteiger partial charge in [-0.1, -0.05) is 30.0 Å². The zero-order valence-electron chi connectivity index (χ0n) is 11.7. The molecule has 21 heavy (non-hydrogen) atoms. The van der Waals surface area contributed by atoms with Crippen molar-refractivity contribution in [3.8, 4) is 23.3 Å². The number of para-hydroxylation sites is 1. The van der Waals surface area contributed by atoms with Crippen LogP contribution in [-0.2, 0) is 6.42 Å². The molecule has 0 saturated heterocycles. The molecule has 0 radical (unpaired) electrons. The number of ether oxygens (including phenoxy) is 2. The number of nitrogens with two attached hydrogens (primary N) is 1. The van der Waals surface area contributed by atoms with E-state index in [1.165, 1.54) is 5.56 Å². The lowest BCUT2D eigenvalue weighted by atomic mass is 10.1. The zero-order valence-corrected chi connectivity index (χ0v) is 11.7. The van der Waals surface area contributed by atoms with Crippen LogP contribution in [0, 0.1) is 11.8 Å². The third-order valence-corrected chi connectivity index (χ3v) is 3.34. The van der Waals surface area contributed by atoms with Crippen LogP contribution in [0.3, 0.4) is 0 Å². The minimum Gasteiger partial charge on any atom is -0.490 e. The summed E-state index contributed by atoms with van der Waals surface area (Å²) < 4.78 is 11.6. The van der Waals surface area contributed by atoms with Gasteiger partial charge in [0.1, 0.15) is 24.2 Å². The maximum atomic E-state index is 5.84. The monoisotopic (exact) mass is 279 g/mol. The molecule has 0 aliphatic carbocycles. The molecule has 1 atom stereocenters. The second-order valence-electron chi connectivity index (χ2n) is 4.89. The average molecular weight is 279 g/mol. The molecule has 3 rings (SSSR count). The van der Waals surface area contributed by atoms with Crippen molar-refractivity contribution in [3.05, 3.63) is 59.7 Å². The van der Waals surface area contributed by atoms with Crippen molar-refractivity contribution < 1.29 is 9.47 Å². The Kier molecular flexibility index (Phi) is 4.09. The molecule has 106 valence electrons. The minimum absolute atomic E-state index is 0.0825. The largest absolute Gasteiger partial charge is 0.490 e. The summed E-state index contributed by atoms with van der Waals surface area (Å²) >= 11 is 0. The highest BCUT2D eigenvalue weighted by atomic mass is 16.5. The number of hydrogen-bond donors (Lipinski definition) is 1. The van der Waals surface area contributed by atoms with E-state index in [0.29, 0.717) is 13.2 Å². The van der Waals surface area contributed by atoms with E-state index >= 15 is 0 Å². The second-order valence-corrected chi connectivity index (χ2v) is 4.89. The van der Waals surface area contributed by atoms with Crippen molar-refractivity contribution in [3.63, 3.8) is 0 Å². The SMILES string of the molecule is NCC#Cc1ccc(OCC2Cc3ccccc3O2)cc1. The maximum absolute atomic E-state index is 5.84. The molecule has 3 nitrogen and oxygen atoms in total. The summed E-state index contributed by atoms with van der Waals surface area (Å²) in [7, 11) is 0. The van der Waals surface area contributed by atoms with Crippen molar-refractivity contribution in [1.29, 1.82) is 0 Å². The molecule has 0 bridgehead atoms. The standard InChI is InChI=1S/C18H17NO2/c19-11-3-4-14-7-9-16(10-8-14)20-13-17-12-15-5-1-2-6-18(15)21-17/h1-2,5-10,17H,11-13,19H2. The number of rotatable bonds is 3. The molecule has 0 aromatic heterocycles. The van der Waals surface area contributed by atoms with E-state index in [2.05, 4.69) is 17.9 Å². The van der Waals surface area contributed by atoms with Crippen molar-refractivity contribution >= 4 is 0 Å². The van der Waals surface area contributed by atoms with Gasteiger partial charge in [0.25, 0.3) is 0 Å². The summed E-state index contributed by atoms with van der Waals surface area (Å²) in [5.41, 5.74) is 7.54. The summed E-state index contributed by atoms with van der Waals surface area (Å²) in [4.78, 5) is 0. The third kappa shape index (κ3) is 3.36. The molecule has 0 amide bonds. The smallest absolute Gasteiger partial charge is 0.137 e. The molecule has 0 saturated carbocycles.